The van der Waals surface area contributed by atoms with Gasteiger partial charge >= 0.3 is 63.3 Å². The quantitative estimate of drug-likeness (QED) is 0.426. The molecule has 0 aliphatic carbocycles. The van der Waals surface area contributed by atoms with Crippen LogP contribution in [-0.2, 0) is 9.59 Å². The zero-order valence-corrected chi connectivity index (χ0v) is 14.8. The van der Waals surface area contributed by atoms with Crippen molar-refractivity contribution >= 4 is 11.9 Å². The van der Waals surface area contributed by atoms with Crippen LogP contribution in [0, 0.1) is 5.92 Å². The second-order valence-corrected chi connectivity index (χ2v) is 4.54. The van der Waals surface area contributed by atoms with Gasteiger partial charge in [-0.3, -0.25) is 9.59 Å². The van der Waals surface area contributed by atoms with Crippen molar-refractivity contribution in [1.82, 2.24) is 0 Å². The van der Waals surface area contributed by atoms with Gasteiger partial charge in [-0.25, -0.2) is 0 Å². The summed E-state index contributed by atoms with van der Waals surface area (Å²) in [6, 6.07) is 0. The van der Waals surface area contributed by atoms with Crippen LogP contribution < -0.4 is 51.4 Å². The van der Waals surface area contributed by atoms with Crippen molar-refractivity contribution < 1.29 is 72.6 Å². The summed E-state index contributed by atoms with van der Waals surface area (Å²) in [5, 5.41) is 17.4. The third kappa shape index (κ3) is 13.0. The number of hydrogen-bond donors (Lipinski definition) is 2. The maximum absolute atomic E-state index is 10.8. The maximum Gasteiger partial charge on any atom is 1.00 e. The van der Waals surface area contributed by atoms with Crippen LogP contribution in [0.25, 0.3) is 0 Å². The summed E-state index contributed by atoms with van der Waals surface area (Å²) in [7, 11) is 0. The standard InChI is InChI=1S/C13H24O4.K.H/c1-2-3-4-5-6-7-8-9-11(13(16)17)10-12(14)15;;/h11H,2-10H2,1H3,(H,14,15)(H,16,17);;/q;+1;-1. The molecule has 0 fully saturated rings. The third-order valence-corrected chi connectivity index (χ3v) is 2.93. The van der Waals surface area contributed by atoms with E-state index in [9.17, 15) is 9.59 Å². The normalized spacial score (nSPS) is 11.6. The summed E-state index contributed by atoms with van der Waals surface area (Å²) in [4.78, 5) is 21.2. The molecule has 0 saturated carbocycles. The van der Waals surface area contributed by atoms with Crippen LogP contribution in [0.4, 0.5) is 0 Å². The number of unbranched alkanes of at least 4 members (excludes halogenated alkanes) is 6. The average molecular weight is 284 g/mol. The zero-order valence-electron chi connectivity index (χ0n) is 12.7. The molecule has 0 bridgehead atoms. The molecule has 102 valence electrons. The van der Waals surface area contributed by atoms with Crippen molar-refractivity contribution in [2.24, 2.45) is 5.92 Å². The Bertz CT molecular complexity index is 237. The molecule has 0 aromatic heterocycles. The van der Waals surface area contributed by atoms with E-state index in [-0.39, 0.29) is 59.2 Å². The summed E-state index contributed by atoms with van der Waals surface area (Å²) >= 11 is 0. The second kappa shape index (κ2) is 14.0. The van der Waals surface area contributed by atoms with E-state index in [4.69, 9.17) is 10.2 Å². The summed E-state index contributed by atoms with van der Waals surface area (Å²) in [6.07, 6.45) is 8.10. The number of aliphatic carboxylic acids is 2. The van der Waals surface area contributed by atoms with E-state index >= 15 is 0 Å². The van der Waals surface area contributed by atoms with Crippen LogP contribution in [0.15, 0.2) is 0 Å². The molecule has 0 aromatic rings. The first kappa shape index (κ1) is 20.9. The van der Waals surface area contributed by atoms with Gasteiger partial charge in [-0.05, 0) is 6.42 Å². The predicted octanol–water partition coefficient (Wildman–Crippen LogP) is 0.419. The first-order valence-electron chi connectivity index (χ1n) is 6.52. The molecule has 4 nitrogen and oxygen atoms in total. The van der Waals surface area contributed by atoms with Gasteiger partial charge in [0.15, 0.2) is 0 Å². The molecule has 0 aromatic carbocycles. The molecule has 0 amide bonds. The summed E-state index contributed by atoms with van der Waals surface area (Å²) < 4.78 is 0. The summed E-state index contributed by atoms with van der Waals surface area (Å²) in [5.74, 6) is -2.73. The topological polar surface area (TPSA) is 74.6 Å². The monoisotopic (exact) mass is 284 g/mol. The molecular formula is C13H25KO4. The number of carbonyl (C=O) groups is 2. The molecule has 1 unspecified atom stereocenters. The van der Waals surface area contributed by atoms with Crippen molar-refractivity contribution in [2.45, 2.75) is 64.7 Å². The van der Waals surface area contributed by atoms with Crippen LogP contribution in [0.1, 0.15) is 66.1 Å². The van der Waals surface area contributed by atoms with Crippen LogP contribution in [0.3, 0.4) is 0 Å². The van der Waals surface area contributed by atoms with Gasteiger partial charge in [0.25, 0.3) is 0 Å². The van der Waals surface area contributed by atoms with Crippen LogP contribution in [-0.4, -0.2) is 22.2 Å². The van der Waals surface area contributed by atoms with Gasteiger partial charge in [-0.1, -0.05) is 51.9 Å². The zero-order chi connectivity index (χ0) is 13.1. The van der Waals surface area contributed by atoms with Gasteiger partial charge < -0.3 is 11.6 Å². The van der Waals surface area contributed by atoms with E-state index in [0.29, 0.717) is 6.42 Å². The second-order valence-electron chi connectivity index (χ2n) is 4.54. The molecule has 0 aliphatic rings. The number of rotatable bonds is 11. The molecule has 0 rings (SSSR count). The van der Waals surface area contributed by atoms with Gasteiger partial charge in [0.1, 0.15) is 0 Å². The molecule has 0 aliphatic heterocycles. The Morgan fingerprint density at radius 2 is 1.50 bits per heavy atom. The van der Waals surface area contributed by atoms with Crippen molar-refractivity contribution in [3.63, 3.8) is 0 Å². The molecule has 18 heavy (non-hydrogen) atoms. The Morgan fingerprint density at radius 1 is 1.00 bits per heavy atom. The minimum atomic E-state index is -1.03. The number of hydrogen-bond acceptors (Lipinski definition) is 2. The minimum Gasteiger partial charge on any atom is -1.00 e. The Hall–Kier alpha value is 0.576. The Morgan fingerprint density at radius 3 is 1.94 bits per heavy atom. The Balaban J connectivity index is -0.00000128. The summed E-state index contributed by atoms with van der Waals surface area (Å²) in [6.45, 7) is 2.17. The molecule has 0 saturated heterocycles. The molecule has 2 N–H and O–H groups in total. The van der Waals surface area contributed by atoms with Gasteiger partial charge in [-0.15, -0.1) is 0 Å². The van der Waals surface area contributed by atoms with Crippen LogP contribution in [0.2, 0.25) is 0 Å². The van der Waals surface area contributed by atoms with Crippen molar-refractivity contribution in [1.29, 1.82) is 0 Å². The van der Waals surface area contributed by atoms with Gasteiger partial charge in [0.05, 0.1) is 12.3 Å². The fourth-order valence-corrected chi connectivity index (χ4v) is 1.87. The summed E-state index contributed by atoms with van der Waals surface area (Å²) in [5.41, 5.74) is 0. The van der Waals surface area contributed by atoms with E-state index in [1.807, 2.05) is 0 Å². The molecule has 5 heteroatoms. The van der Waals surface area contributed by atoms with Gasteiger partial charge in [0, 0.05) is 0 Å². The third-order valence-electron chi connectivity index (χ3n) is 2.93. The first-order valence-corrected chi connectivity index (χ1v) is 6.52. The molecule has 0 heterocycles. The largest absolute Gasteiger partial charge is 1.00 e. The molecule has 0 radical (unpaired) electrons. The maximum atomic E-state index is 10.8. The van der Waals surface area contributed by atoms with E-state index in [2.05, 4.69) is 6.92 Å². The van der Waals surface area contributed by atoms with E-state index in [0.717, 1.165) is 19.3 Å². The van der Waals surface area contributed by atoms with Crippen LogP contribution in [0.5, 0.6) is 0 Å². The smallest absolute Gasteiger partial charge is 1.00 e. The van der Waals surface area contributed by atoms with Crippen molar-refractivity contribution in [3.05, 3.63) is 0 Å². The van der Waals surface area contributed by atoms with Gasteiger partial charge in [0.2, 0.25) is 0 Å². The van der Waals surface area contributed by atoms with E-state index in [1.165, 1.54) is 25.7 Å². The Kier molecular flexibility index (Phi) is 16.2. The van der Waals surface area contributed by atoms with Crippen LogP contribution >= 0.6 is 0 Å². The fourth-order valence-electron chi connectivity index (χ4n) is 1.87. The van der Waals surface area contributed by atoms with Gasteiger partial charge in [-0.2, -0.15) is 0 Å². The fraction of sp³-hybridized carbons (Fsp3) is 0.846. The van der Waals surface area contributed by atoms with Crippen molar-refractivity contribution in [3.8, 4) is 0 Å². The van der Waals surface area contributed by atoms with Crippen molar-refractivity contribution in [2.75, 3.05) is 0 Å². The van der Waals surface area contributed by atoms with E-state index < -0.39 is 17.9 Å². The number of carboxylic acids is 2. The van der Waals surface area contributed by atoms with E-state index in [1.54, 1.807) is 0 Å². The number of carboxylic acid groups (broad SMARTS) is 2. The molecule has 0 spiro atoms. The molecule has 1 atom stereocenters. The SMILES string of the molecule is CCCCCCCCCC(CC(=O)O)C(=O)O.[H-].[K+]. The predicted molar refractivity (Wildman–Crippen MR) is 67.1 cm³/mol. The average Bonchev–Trinajstić information content (AvgIpc) is 2.25. The Labute approximate surface area is 153 Å². The first-order chi connectivity index (χ1) is 8.07. The molecular weight excluding hydrogens is 259 g/mol. The minimum absolute atomic E-state index is 0.